The first kappa shape index (κ1) is 30.5. The Balaban J connectivity index is 1.39. The number of alkyl halides is 1. The van der Waals surface area contributed by atoms with Crippen LogP contribution in [0.2, 0.25) is 0 Å². The van der Waals surface area contributed by atoms with Crippen LogP contribution in [-0.2, 0) is 48.3 Å². The molecule has 0 aromatic heterocycles. The average molecular weight is 679 g/mol. The third kappa shape index (κ3) is 8.56. The monoisotopic (exact) mass is 678 g/mol. The summed E-state index contributed by atoms with van der Waals surface area (Å²) < 4.78 is 31.9. The van der Waals surface area contributed by atoms with Crippen molar-refractivity contribution >= 4 is 28.9 Å². The van der Waals surface area contributed by atoms with Crippen molar-refractivity contribution < 1.29 is 28.5 Å². The first-order valence-electron chi connectivity index (χ1n) is 14.1. The number of hydrogen-bond donors (Lipinski definition) is 0. The lowest BCUT2D eigenvalue weighted by Gasteiger charge is -2.44. The second-order valence-electron chi connectivity index (χ2n) is 10.1. The molecule has 5 rings (SSSR count). The van der Waals surface area contributed by atoms with Crippen LogP contribution in [0.1, 0.15) is 28.4 Å². The molecule has 0 N–H and O–H groups in total. The third-order valence-electron chi connectivity index (χ3n) is 7.07. The number of hydrogen-bond acceptors (Lipinski definition) is 6. The van der Waals surface area contributed by atoms with E-state index in [9.17, 15) is 4.79 Å². The molecular weight excluding hydrogens is 643 g/mol. The van der Waals surface area contributed by atoms with Crippen LogP contribution in [-0.4, -0.2) is 41.4 Å². The quantitative estimate of drug-likeness (QED) is 0.0826. The number of ether oxygens (including phenoxy) is 5. The van der Waals surface area contributed by atoms with Crippen LogP contribution in [0, 0.1) is 0 Å². The van der Waals surface area contributed by atoms with Gasteiger partial charge in [-0.2, -0.15) is 0 Å². The molecule has 0 aliphatic carbocycles. The highest BCUT2D eigenvalue weighted by molar-refractivity contribution is 14.1. The smallest absolute Gasteiger partial charge is 0.173 e. The second-order valence-corrected chi connectivity index (χ2v) is 11.6. The molecule has 0 spiro atoms. The lowest BCUT2D eigenvalue weighted by atomic mass is 10.0. The molecule has 218 valence electrons. The van der Waals surface area contributed by atoms with Crippen molar-refractivity contribution in [1.82, 2.24) is 0 Å². The van der Waals surface area contributed by atoms with Crippen molar-refractivity contribution in [2.45, 2.75) is 54.5 Å². The zero-order valence-electron chi connectivity index (χ0n) is 23.2. The fraction of sp³-hybridized carbons (Fsp3) is 0.286. The number of carbonyl (C=O) groups is 1. The zero-order chi connectivity index (χ0) is 29.0. The summed E-state index contributed by atoms with van der Waals surface area (Å²) in [7, 11) is 0. The number of rotatable bonds is 14. The summed E-state index contributed by atoms with van der Waals surface area (Å²) in [5.74, 6) is 0. The molecule has 7 heteroatoms. The molecule has 1 unspecified atom stereocenters. The summed E-state index contributed by atoms with van der Waals surface area (Å²) in [4.78, 5) is 12.1. The van der Waals surface area contributed by atoms with Gasteiger partial charge in [-0.05, 0) is 22.3 Å². The van der Waals surface area contributed by atoms with Gasteiger partial charge in [-0.25, -0.2) is 0 Å². The molecule has 4 aromatic rings. The molecule has 1 saturated heterocycles. The lowest BCUT2D eigenvalue weighted by Crippen LogP contribution is -2.59. The molecular formula is C35H35IO6. The Kier molecular flexibility index (Phi) is 11.7. The van der Waals surface area contributed by atoms with E-state index >= 15 is 0 Å². The van der Waals surface area contributed by atoms with Gasteiger partial charge < -0.3 is 28.5 Å². The van der Waals surface area contributed by atoms with E-state index in [-0.39, 0.29) is 10.5 Å². The van der Waals surface area contributed by atoms with Crippen LogP contribution in [0.5, 0.6) is 0 Å². The highest BCUT2D eigenvalue weighted by Crippen LogP contribution is 2.35. The molecule has 1 heterocycles. The SMILES string of the molecule is O=CC(O[C@H]1O[C@H](COCc2ccccc2)[C@@H](OCc2ccccc2)[C@H](OCc2ccccc2)[C@@H]1I)c1ccccc1. The van der Waals surface area contributed by atoms with Gasteiger partial charge in [-0.1, -0.05) is 144 Å². The molecule has 42 heavy (non-hydrogen) atoms. The Hall–Kier alpha value is -2.92. The van der Waals surface area contributed by atoms with Gasteiger partial charge in [0.05, 0.1) is 30.4 Å². The Bertz CT molecular complexity index is 1320. The van der Waals surface area contributed by atoms with Crippen LogP contribution in [0.25, 0.3) is 0 Å². The zero-order valence-corrected chi connectivity index (χ0v) is 25.4. The van der Waals surface area contributed by atoms with E-state index in [0.717, 1.165) is 28.5 Å². The molecule has 0 saturated carbocycles. The molecule has 6 atom stereocenters. The van der Waals surface area contributed by atoms with Crippen LogP contribution in [0.15, 0.2) is 121 Å². The van der Waals surface area contributed by atoms with E-state index in [2.05, 4.69) is 22.6 Å². The lowest BCUT2D eigenvalue weighted by molar-refractivity contribution is -0.279. The fourth-order valence-corrected chi connectivity index (χ4v) is 5.84. The Morgan fingerprint density at radius 3 is 1.67 bits per heavy atom. The first-order chi connectivity index (χ1) is 20.7. The van der Waals surface area contributed by atoms with Gasteiger partial charge in [-0.15, -0.1) is 0 Å². The summed E-state index contributed by atoms with van der Waals surface area (Å²) in [6, 6.07) is 39.5. The highest BCUT2D eigenvalue weighted by atomic mass is 127. The fourth-order valence-electron chi connectivity index (χ4n) is 4.88. The molecule has 1 fully saturated rings. The van der Waals surface area contributed by atoms with Crippen molar-refractivity contribution in [3.63, 3.8) is 0 Å². The van der Waals surface area contributed by atoms with E-state index in [0.29, 0.717) is 19.8 Å². The minimum absolute atomic E-state index is 0.264. The van der Waals surface area contributed by atoms with Gasteiger partial charge in [0.25, 0.3) is 0 Å². The van der Waals surface area contributed by atoms with Crippen molar-refractivity contribution in [2.24, 2.45) is 0 Å². The standard InChI is InChI=1S/C35H35IO6/c36-32-34(40-24-28-17-9-3-10-18-28)33(39-23-27-15-7-2-8-16-27)31(25-38-22-26-13-5-1-6-14-26)42-35(32)41-30(21-37)29-19-11-4-12-20-29/h1-21,30-35H,22-25H2/t30?,31-,32+,33-,34-,35+/m1/s1. The van der Waals surface area contributed by atoms with E-state index < -0.39 is 30.7 Å². The van der Waals surface area contributed by atoms with Crippen LogP contribution in [0.3, 0.4) is 0 Å². The van der Waals surface area contributed by atoms with E-state index in [1.807, 2.05) is 121 Å². The second kappa shape index (κ2) is 16.1. The maximum absolute atomic E-state index is 12.1. The van der Waals surface area contributed by atoms with Gasteiger partial charge in [0.15, 0.2) is 12.6 Å². The van der Waals surface area contributed by atoms with E-state index in [1.54, 1.807) is 0 Å². The van der Waals surface area contributed by atoms with Gasteiger partial charge in [0.2, 0.25) is 0 Å². The van der Waals surface area contributed by atoms with Crippen molar-refractivity contribution in [1.29, 1.82) is 0 Å². The number of aldehydes is 1. The number of carbonyl (C=O) groups excluding carboxylic acids is 1. The predicted octanol–water partition coefficient (Wildman–Crippen LogP) is 6.86. The summed E-state index contributed by atoms with van der Waals surface area (Å²) in [6.07, 6.45) is -2.06. The normalized spacial score (nSPS) is 22.8. The van der Waals surface area contributed by atoms with Gasteiger partial charge in [0.1, 0.15) is 24.4 Å². The molecule has 6 nitrogen and oxygen atoms in total. The molecule has 0 radical (unpaired) electrons. The van der Waals surface area contributed by atoms with Crippen molar-refractivity contribution in [2.75, 3.05) is 6.61 Å². The van der Waals surface area contributed by atoms with E-state index in [4.69, 9.17) is 23.7 Å². The maximum atomic E-state index is 12.1. The summed E-state index contributed by atoms with van der Waals surface area (Å²) in [6.45, 7) is 1.49. The largest absolute Gasteiger partial charge is 0.374 e. The summed E-state index contributed by atoms with van der Waals surface area (Å²) >= 11 is 2.31. The van der Waals surface area contributed by atoms with E-state index in [1.165, 1.54) is 0 Å². The van der Waals surface area contributed by atoms with Crippen LogP contribution >= 0.6 is 22.6 Å². The minimum atomic E-state index is -0.782. The van der Waals surface area contributed by atoms with Gasteiger partial charge >= 0.3 is 0 Å². The average Bonchev–Trinajstić information content (AvgIpc) is 3.05. The molecule has 1 aliphatic heterocycles. The molecule has 4 aromatic carbocycles. The molecule has 0 bridgehead atoms. The Morgan fingerprint density at radius 1 is 0.667 bits per heavy atom. The van der Waals surface area contributed by atoms with Gasteiger partial charge in [0, 0.05) is 0 Å². The van der Waals surface area contributed by atoms with Crippen molar-refractivity contribution in [3.05, 3.63) is 144 Å². The highest BCUT2D eigenvalue weighted by Gasteiger charge is 2.48. The molecule has 0 amide bonds. The van der Waals surface area contributed by atoms with Crippen LogP contribution in [0.4, 0.5) is 0 Å². The number of benzene rings is 4. The van der Waals surface area contributed by atoms with Gasteiger partial charge in [-0.3, -0.25) is 0 Å². The summed E-state index contributed by atoms with van der Waals surface area (Å²) in [5, 5.41) is 0. The first-order valence-corrected chi connectivity index (χ1v) is 15.3. The van der Waals surface area contributed by atoms with Crippen molar-refractivity contribution in [3.8, 4) is 0 Å². The summed E-state index contributed by atoms with van der Waals surface area (Å²) in [5.41, 5.74) is 3.94. The predicted molar refractivity (Wildman–Crippen MR) is 169 cm³/mol. The molecule has 1 aliphatic rings. The minimum Gasteiger partial charge on any atom is -0.374 e. The number of halogens is 1. The third-order valence-corrected chi connectivity index (χ3v) is 8.37. The topological polar surface area (TPSA) is 63.2 Å². The Labute approximate surface area is 261 Å². The Morgan fingerprint density at radius 2 is 1.14 bits per heavy atom. The maximum Gasteiger partial charge on any atom is 0.173 e. The van der Waals surface area contributed by atoms with Crippen LogP contribution < -0.4 is 0 Å².